The smallest absolute Gasteiger partial charge is 0.231 e. The molecule has 0 unspecified atom stereocenters. The quantitative estimate of drug-likeness (QED) is 0.582. The molecule has 1 aromatic heterocycles. The summed E-state index contributed by atoms with van der Waals surface area (Å²) in [5, 5.41) is 5.79. The van der Waals surface area contributed by atoms with E-state index in [9.17, 15) is 4.79 Å². The van der Waals surface area contributed by atoms with Gasteiger partial charge in [0.05, 0.1) is 12.1 Å². The number of carbonyl (C=O) groups is 1. The zero-order valence-corrected chi connectivity index (χ0v) is 18.0. The van der Waals surface area contributed by atoms with Crippen LogP contribution in [-0.2, 0) is 24.3 Å². The molecule has 156 valence electrons. The highest BCUT2D eigenvalue weighted by Gasteiger charge is 2.15. The van der Waals surface area contributed by atoms with Crippen LogP contribution < -0.4 is 14.8 Å². The SMILES string of the molecule is CCN(Cc1ccc2c(c1)OCO2)Cc1csc(CC(=O)Nc2ccc(C)cc2)n1. The summed E-state index contributed by atoms with van der Waals surface area (Å²) in [6, 6.07) is 13.8. The number of hydrogen-bond donors (Lipinski definition) is 1. The van der Waals surface area contributed by atoms with Gasteiger partial charge in [-0.3, -0.25) is 9.69 Å². The normalized spacial score (nSPS) is 12.4. The van der Waals surface area contributed by atoms with Crippen LogP contribution in [0, 0.1) is 6.92 Å². The van der Waals surface area contributed by atoms with Gasteiger partial charge in [0.15, 0.2) is 11.5 Å². The number of nitrogens with one attached hydrogen (secondary N) is 1. The third-order valence-corrected chi connectivity index (χ3v) is 5.82. The summed E-state index contributed by atoms with van der Waals surface area (Å²) in [5.41, 5.74) is 4.14. The number of anilines is 1. The Labute approximate surface area is 180 Å². The molecular formula is C23H25N3O3S. The number of amides is 1. The van der Waals surface area contributed by atoms with Gasteiger partial charge in [0.1, 0.15) is 5.01 Å². The molecule has 4 rings (SSSR count). The molecule has 30 heavy (non-hydrogen) atoms. The molecule has 1 amide bonds. The minimum atomic E-state index is -0.0486. The number of aryl methyl sites for hydroxylation is 1. The van der Waals surface area contributed by atoms with Crippen molar-refractivity contribution in [2.45, 2.75) is 33.4 Å². The van der Waals surface area contributed by atoms with Crippen molar-refractivity contribution in [3.8, 4) is 11.5 Å². The number of fused-ring (bicyclic) bond motifs is 1. The van der Waals surface area contributed by atoms with E-state index in [1.54, 1.807) is 0 Å². The van der Waals surface area contributed by atoms with Crippen LogP contribution in [0.2, 0.25) is 0 Å². The fourth-order valence-corrected chi connectivity index (χ4v) is 4.07. The Bertz CT molecular complexity index is 1020. The Hall–Kier alpha value is -2.90. The molecule has 0 atom stereocenters. The van der Waals surface area contributed by atoms with Gasteiger partial charge in [-0.25, -0.2) is 4.98 Å². The van der Waals surface area contributed by atoms with E-state index in [1.165, 1.54) is 22.5 Å². The molecule has 0 radical (unpaired) electrons. The van der Waals surface area contributed by atoms with Crippen LogP contribution in [0.5, 0.6) is 11.5 Å². The van der Waals surface area contributed by atoms with Crippen molar-refractivity contribution in [2.24, 2.45) is 0 Å². The zero-order chi connectivity index (χ0) is 20.9. The molecular weight excluding hydrogens is 398 g/mol. The van der Waals surface area contributed by atoms with Gasteiger partial charge in [-0.15, -0.1) is 11.3 Å². The molecule has 7 heteroatoms. The maximum Gasteiger partial charge on any atom is 0.231 e. The molecule has 0 aliphatic carbocycles. The fraction of sp³-hybridized carbons (Fsp3) is 0.304. The summed E-state index contributed by atoms with van der Waals surface area (Å²) in [6.45, 7) is 6.88. The molecule has 6 nitrogen and oxygen atoms in total. The van der Waals surface area contributed by atoms with E-state index in [0.717, 1.165) is 47.5 Å². The number of ether oxygens (including phenoxy) is 2. The van der Waals surface area contributed by atoms with E-state index in [0.29, 0.717) is 0 Å². The second-order valence-electron chi connectivity index (χ2n) is 7.31. The number of rotatable bonds is 8. The predicted molar refractivity (Wildman–Crippen MR) is 118 cm³/mol. The highest BCUT2D eigenvalue weighted by Crippen LogP contribution is 2.32. The monoisotopic (exact) mass is 423 g/mol. The number of thiazole rings is 1. The highest BCUT2D eigenvalue weighted by molar-refractivity contribution is 7.09. The maximum absolute atomic E-state index is 12.3. The first-order valence-corrected chi connectivity index (χ1v) is 10.9. The largest absolute Gasteiger partial charge is 0.454 e. The van der Waals surface area contributed by atoms with Gasteiger partial charge >= 0.3 is 0 Å². The summed E-state index contributed by atoms with van der Waals surface area (Å²) >= 11 is 1.53. The van der Waals surface area contributed by atoms with E-state index >= 15 is 0 Å². The summed E-state index contributed by atoms with van der Waals surface area (Å²) < 4.78 is 10.9. The van der Waals surface area contributed by atoms with E-state index in [4.69, 9.17) is 9.47 Å². The number of aromatic nitrogens is 1. The van der Waals surface area contributed by atoms with Crippen molar-refractivity contribution in [3.63, 3.8) is 0 Å². The lowest BCUT2D eigenvalue weighted by atomic mass is 10.2. The van der Waals surface area contributed by atoms with Crippen LogP contribution in [0.15, 0.2) is 47.8 Å². The van der Waals surface area contributed by atoms with Gasteiger partial charge in [-0.05, 0) is 43.3 Å². The Balaban J connectivity index is 1.32. The predicted octanol–water partition coefficient (Wildman–Crippen LogP) is 4.38. The molecule has 2 heterocycles. The van der Waals surface area contributed by atoms with Crippen molar-refractivity contribution in [1.82, 2.24) is 9.88 Å². The standard InChI is InChI=1S/C23H25N3O3S/c1-3-26(12-17-6-9-20-21(10-17)29-15-28-20)13-19-14-30-23(25-19)11-22(27)24-18-7-4-16(2)5-8-18/h4-10,14H,3,11-13,15H2,1-2H3,(H,24,27). The summed E-state index contributed by atoms with van der Waals surface area (Å²) in [4.78, 5) is 19.3. The minimum absolute atomic E-state index is 0.0486. The lowest BCUT2D eigenvalue weighted by Gasteiger charge is -2.19. The van der Waals surface area contributed by atoms with Crippen LogP contribution in [0.4, 0.5) is 5.69 Å². The molecule has 0 saturated carbocycles. The Morgan fingerprint density at radius 1 is 1.13 bits per heavy atom. The van der Waals surface area contributed by atoms with Gasteiger partial charge in [-0.1, -0.05) is 30.7 Å². The molecule has 0 bridgehead atoms. The average molecular weight is 424 g/mol. The minimum Gasteiger partial charge on any atom is -0.454 e. The molecule has 1 N–H and O–H groups in total. The zero-order valence-electron chi connectivity index (χ0n) is 17.2. The molecule has 0 spiro atoms. The Morgan fingerprint density at radius 3 is 2.73 bits per heavy atom. The number of nitrogens with zero attached hydrogens (tertiary/aromatic N) is 2. The molecule has 1 aliphatic heterocycles. The molecule has 0 fully saturated rings. The molecule has 3 aromatic rings. The van der Waals surface area contributed by atoms with Gasteiger partial charge in [-0.2, -0.15) is 0 Å². The first-order chi connectivity index (χ1) is 14.6. The molecule has 2 aromatic carbocycles. The number of carbonyl (C=O) groups excluding carboxylic acids is 1. The number of benzene rings is 2. The first-order valence-electron chi connectivity index (χ1n) is 9.99. The third kappa shape index (κ3) is 5.17. The van der Waals surface area contributed by atoms with Gasteiger partial charge < -0.3 is 14.8 Å². The lowest BCUT2D eigenvalue weighted by Crippen LogP contribution is -2.22. The summed E-state index contributed by atoms with van der Waals surface area (Å²) in [7, 11) is 0. The van der Waals surface area contributed by atoms with Crippen LogP contribution in [-0.4, -0.2) is 29.1 Å². The second kappa shape index (κ2) is 9.28. The van der Waals surface area contributed by atoms with Crippen LogP contribution in [0.25, 0.3) is 0 Å². The van der Waals surface area contributed by atoms with Crippen LogP contribution in [0.3, 0.4) is 0 Å². The Kier molecular flexibility index (Phi) is 6.30. The van der Waals surface area contributed by atoms with E-state index in [-0.39, 0.29) is 19.1 Å². The lowest BCUT2D eigenvalue weighted by molar-refractivity contribution is -0.115. The summed E-state index contributed by atoms with van der Waals surface area (Å²) in [5.74, 6) is 1.56. The second-order valence-corrected chi connectivity index (χ2v) is 8.26. The van der Waals surface area contributed by atoms with E-state index < -0.39 is 0 Å². The van der Waals surface area contributed by atoms with Crippen molar-refractivity contribution in [2.75, 3.05) is 18.7 Å². The fourth-order valence-electron chi connectivity index (χ4n) is 3.29. The van der Waals surface area contributed by atoms with Crippen molar-refractivity contribution in [3.05, 3.63) is 69.7 Å². The van der Waals surface area contributed by atoms with Crippen LogP contribution in [0.1, 0.15) is 28.8 Å². The van der Waals surface area contributed by atoms with Crippen molar-refractivity contribution >= 4 is 22.9 Å². The third-order valence-electron chi connectivity index (χ3n) is 4.92. The van der Waals surface area contributed by atoms with Crippen molar-refractivity contribution in [1.29, 1.82) is 0 Å². The van der Waals surface area contributed by atoms with Gasteiger partial charge in [0.25, 0.3) is 0 Å². The van der Waals surface area contributed by atoms with Gasteiger partial charge in [0, 0.05) is 24.2 Å². The van der Waals surface area contributed by atoms with E-state index in [1.807, 2.05) is 48.7 Å². The first kappa shape index (κ1) is 20.4. The molecule has 1 aliphatic rings. The number of hydrogen-bond acceptors (Lipinski definition) is 6. The average Bonchev–Trinajstić information content (AvgIpc) is 3.38. The maximum atomic E-state index is 12.3. The molecule has 0 saturated heterocycles. The topological polar surface area (TPSA) is 63.7 Å². The van der Waals surface area contributed by atoms with Crippen LogP contribution >= 0.6 is 11.3 Å². The van der Waals surface area contributed by atoms with E-state index in [2.05, 4.69) is 28.2 Å². The van der Waals surface area contributed by atoms with Gasteiger partial charge in [0.2, 0.25) is 12.7 Å². The van der Waals surface area contributed by atoms with Crippen molar-refractivity contribution < 1.29 is 14.3 Å². The summed E-state index contributed by atoms with van der Waals surface area (Å²) in [6.07, 6.45) is 0.285. The highest BCUT2D eigenvalue weighted by atomic mass is 32.1. The Morgan fingerprint density at radius 2 is 1.93 bits per heavy atom.